The molecule has 0 spiro atoms. The maximum atomic E-state index is 13.4. The van der Waals surface area contributed by atoms with Gasteiger partial charge >= 0.3 is 0 Å². The van der Waals surface area contributed by atoms with Crippen molar-refractivity contribution in [3.63, 3.8) is 0 Å². The predicted molar refractivity (Wildman–Crippen MR) is 116 cm³/mol. The van der Waals surface area contributed by atoms with Crippen molar-refractivity contribution in [2.45, 2.75) is 6.04 Å². The lowest BCUT2D eigenvalue weighted by molar-refractivity contribution is -0.384. The minimum atomic E-state index is -1.02. The molecule has 0 unspecified atom stereocenters. The second-order valence-electron chi connectivity index (χ2n) is 7.81. The molecule has 1 atom stereocenters. The third-order valence-electron chi connectivity index (χ3n) is 5.82. The van der Waals surface area contributed by atoms with Crippen LogP contribution < -0.4 is 0 Å². The molecule has 2 saturated heterocycles. The quantitative estimate of drug-likeness (QED) is 0.234. The molecule has 9 nitrogen and oxygen atoms in total. The number of halogens is 1. The third kappa shape index (κ3) is 4.62. The van der Waals surface area contributed by atoms with Crippen LogP contribution in [0.15, 0.2) is 54.1 Å². The SMILES string of the molecule is O=C1C(=O)N(CCN2CCOCC2)[C@H](c2cccc([N+](=O)[O-])c2)C1=C(O)c1ccc(F)cc1. The largest absolute Gasteiger partial charge is 0.507 e. The minimum absolute atomic E-state index is 0.165. The molecule has 4 rings (SSSR count). The average molecular weight is 455 g/mol. The number of aliphatic hydroxyl groups is 1. The number of ketones is 1. The third-order valence-corrected chi connectivity index (χ3v) is 5.82. The molecule has 1 N–H and O–H groups in total. The number of carbonyl (C=O) groups is 2. The Morgan fingerprint density at radius 2 is 1.82 bits per heavy atom. The first-order valence-corrected chi connectivity index (χ1v) is 10.5. The number of aliphatic hydroxyl groups excluding tert-OH is 1. The Morgan fingerprint density at radius 3 is 2.48 bits per heavy atom. The van der Waals surface area contributed by atoms with E-state index in [1.165, 1.54) is 35.2 Å². The van der Waals surface area contributed by atoms with E-state index in [9.17, 15) is 29.2 Å². The molecule has 33 heavy (non-hydrogen) atoms. The first kappa shape index (κ1) is 22.6. The van der Waals surface area contributed by atoms with E-state index in [0.29, 0.717) is 38.4 Å². The van der Waals surface area contributed by atoms with Crippen LogP contribution in [-0.2, 0) is 14.3 Å². The Hall–Kier alpha value is -3.63. The molecule has 0 aliphatic carbocycles. The van der Waals surface area contributed by atoms with Gasteiger partial charge in [-0.15, -0.1) is 0 Å². The van der Waals surface area contributed by atoms with Gasteiger partial charge in [-0.2, -0.15) is 0 Å². The summed E-state index contributed by atoms with van der Waals surface area (Å²) in [5.74, 6) is -2.68. The maximum absolute atomic E-state index is 13.4. The first-order valence-electron chi connectivity index (χ1n) is 10.5. The molecule has 1 amide bonds. The van der Waals surface area contributed by atoms with Crippen LogP contribution in [0, 0.1) is 15.9 Å². The van der Waals surface area contributed by atoms with Crippen LogP contribution in [0.5, 0.6) is 0 Å². The van der Waals surface area contributed by atoms with Crippen molar-refractivity contribution in [2.24, 2.45) is 0 Å². The van der Waals surface area contributed by atoms with Gasteiger partial charge in [-0.1, -0.05) is 12.1 Å². The summed E-state index contributed by atoms with van der Waals surface area (Å²) >= 11 is 0. The second-order valence-corrected chi connectivity index (χ2v) is 7.81. The fraction of sp³-hybridized carbons (Fsp3) is 0.304. The Bertz CT molecular complexity index is 1110. The molecule has 0 saturated carbocycles. The molecule has 10 heteroatoms. The standard InChI is InChI=1S/C23H22FN3O6/c24-17-6-4-15(5-7-17)21(28)19-20(16-2-1-3-18(14-16)27(31)32)26(23(30)22(19)29)9-8-25-10-12-33-13-11-25/h1-7,14,20,28H,8-13H2/t20-/m1/s1. The van der Waals surface area contributed by atoms with E-state index < -0.39 is 34.2 Å². The molecular formula is C23H22FN3O6. The normalized spacial score (nSPS) is 20.9. The van der Waals surface area contributed by atoms with Gasteiger partial charge in [0.2, 0.25) is 0 Å². The van der Waals surface area contributed by atoms with Crippen LogP contribution in [0.25, 0.3) is 5.76 Å². The van der Waals surface area contributed by atoms with Crippen LogP contribution in [0.2, 0.25) is 0 Å². The zero-order chi connectivity index (χ0) is 23.5. The van der Waals surface area contributed by atoms with Crippen LogP contribution in [0.3, 0.4) is 0 Å². The molecule has 2 aromatic carbocycles. The predicted octanol–water partition coefficient (Wildman–Crippen LogP) is 2.49. The number of carbonyl (C=O) groups excluding carboxylic acids is 2. The molecule has 2 fully saturated rings. The molecule has 2 heterocycles. The number of hydrogen-bond acceptors (Lipinski definition) is 7. The van der Waals surface area contributed by atoms with E-state index in [-0.39, 0.29) is 23.4 Å². The van der Waals surface area contributed by atoms with Gasteiger partial charge in [-0.3, -0.25) is 24.6 Å². The minimum Gasteiger partial charge on any atom is -0.507 e. The Balaban J connectivity index is 1.77. The van der Waals surface area contributed by atoms with E-state index in [0.717, 1.165) is 12.1 Å². The van der Waals surface area contributed by atoms with Gasteiger partial charge in [0, 0.05) is 43.9 Å². The number of nitro benzene ring substituents is 1. The van der Waals surface area contributed by atoms with Crippen LogP contribution in [0.1, 0.15) is 17.2 Å². The lowest BCUT2D eigenvalue weighted by Crippen LogP contribution is -2.42. The summed E-state index contributed by atoms with van der Waals surface area (Å²) in [4.78, 5) is 40.1. The van der Waals surface area contributed by atoms with E-state index in [2.05, 4.69) is 4.90 Å². The Morgan fingerprint density at radius 1 is 1.12 bits per heavy atom. The van der Waals surface area contributed by atoms with Crippen molar-refractivity contribution in [2.75, 3.05) is 39.4 Å². The smallest absolute Gasteiger partial charge is 0.295 e. The van der Waals surface area contributed by atoms with E-state index >= 15 is 0 Å². The highest BCUT2D eigenvalue weighted by Gasteiger charge is 2.46. The highest BCUT2D eigenvalue weighted by atomic mass is 19.1. The van der Waals surface area contributed by atoms with Crippen molar-refractivity contribution in [3.05, 3.63) is 81.2 Å². The van der Waals surface area contributed by atoms with Gasteiger partial charge in [-0.25, -0.2) is 4.39 Å². The van der Waals surface area contributed by atoms with Crippen molar-refractivity contribution in [1.29, 1.82) is 0 Å². The molecular weight excluding hydrogens is 433 g/mol. The maximum Gasteiger partial charge on any atom is 0.295 e. The number of nitrogens with zero attached hydrogens (tertiary/aromatic N) is 3. The number of rotatable bonds is 6. The summed E-state index contributed by atoms with van der Waals surface area (Å²) in [6.07, 6.45) is 0. The topological polar surface area (TPSA) is 113 Å². The van der Waals surface area contributed by atoms with Gasteiger partial charge in [0.05, 0.1) is 29.8 Å². The number of non-ortho nitro benzene ring substituents is 1. The molecule has 2 aromatic rings. The summed E-state index contributed by atoms with van der Waals surface area (Å²) in [7, 11) is 0. The van der Waals surface area contributed by atoms with Gasteiger partial charge in [-0.05, 0) is 29.8 Å². The van der Waals surface area contributed by atoms with Crippen molar-refractivity contribution >= 4 is 23.1 Å². The van der Waals surface area contributed by atoms with Crippen molar-refractivity contribution in [1.82, 2.24) is 9.80 Å². The zero-order valence-corrected chi connectivity index (χ0v) is 17.6. The number of nitro groups is 1. The van der Waals surface area contributed by atoms with Crippen LogP contribution in [-0.4, -0.2) is 70.9 Å². The van der Waals surface area contributed by atoms with Gasteiger partial charge in [0.1, 0.15) is 11.6 Å². The highest BCUT2D eigenvalue weighted by molar-refractivity contribution is 6.46. The molecule has 2 aliphatic rings. The fourth-order valence-corrected chi connectivity index (χ4v) is 4.10. The zero-order valence-electron chi connectivity index (χ0n) is 17.6. The van der Waals surface area contributed by atoms with Crippen molar-refractivity contribution < 1.29 is 28.7 Å². The molecule has 0 radical (unpaired) electrons. The monoisotopic (exact) mass is 455 g/mol. The summed E-state index contributed by atoms with van der Waals surface area (Å²) < 4.78 is 18.7. The number of likely N-dealkylation sites (tertiary alicyclic amines) is 1. The Labute approximate surface area is 188 Å². The first-order chi connectivity index (χ1) is 15.9. The van der Waals surface area contributed by atoms with Crippen molar-refractivity contribution in [3.8, 4) is 0 Å². The summed E-state index contributed by atoms with van der Waals surface area (Å²) in [6.45, 7) is 3.15. The van der Waals surface area contributed by atoms with E-state index in [1.807, 2.05) is 0 Å². The Kier molecular flexibility index (Phi) is 6.47. The number of morpholine rings is 1. The molecule has 172 valence electrons. The average Bonchev–Trinajstić information content (AvgIpc) is 3.08. The summed E-state index contributed by atoms with van der Waals surface area (Å²) in [6, 6.07) is 9.48. The van der Waals surface area contributed by atoms with Crippen LogP contribution in [0.4, 0.5) is 10.1 Å². The number of amides is 1. The molecule has 2 aliphatic heterocycles. The summed E-state index contributed by atoms with van der Waals surface area (Å²) in [5.41, 5.74) is 0.106. The lowest BCUT2D eigenvalue weighted by atomic mass is 9.95. The van der Waals surface area contributed by atoms with Gasteiger partial charge in [0.15, 0.2) is 0 Å². The lowest BCUT2D eigenvalue weighted by Gasteiger charge is -2.31. The molecule has 0 bridgehead atoms. The van der Waals surface area contributed by atoms with E-state index in [1.54, 1.807) is 6.07 Å². The number of Topliss-reactive ketones (excluding diaryl/α,β-unsaturated/α-hetero) is 1. The van der Waals surface area contributed by atoms with E-state index in [4.69, 9.17) is 4.74 Å². The number of hydrogen-bond donors (Lipinski definition) is 1. The molecule has 0 aromatic heterocycles. The fourth-order valence-electron chi connectivity index (χ4n) is 4.10. The summed E-state index contributed by atoms with van der Waals surface area (Å²) in [5, 5.41) is 22.3. The number of ether oxygens (including phenoxy) is 1. The highest BCUT2D eigenvalue weighted by Crippen LogP contribution is 2.40. The van der Waals surface area contributed by atoms with Gasteiger partial charge in [0.25, 0.3) is 17.4 Å². The van der Waals surface area contributed by atoms with Crippen LogP contribution >= 0.6 is 0 Å². The number of benzene rings is 2. The van der Waals surface area contributed by atoms with Gasteiger partial charge < -0.3 is 14.7 Å². The second kappa shape index (κ2) is 9.47.